The molecule has 2 aromatic heterocycles. The van der Waals surface area contributed by atoms with E-state index >= 15 is 0 Å². The van der Waals surface area contributed by atoms with Gasteiger partial charge >= 0.3 is 0 Å². The predicted molar refractivity (Wildman–Crippen MR) is 83.6 cm³/mol. The molecule has 20 heavy (non-hydrogen) atoms. The number of nitrogens with one attached hydrogen (secondary N) is 1. The van der Waals surface area contributed by atoms with Crippen molar-refractivity contribution < 1.29 is 0 Å². The van der Waals surface area contributed by atoms with Gasteiger partial charge in [-0.1, -0.05) is 18.2 Å². The van der Waals surface area contributed by atoms with Gasteiger partial charge in [0.1, 0.15) is 5.82 Å². The van der Waals surface area contributed by atoms with E-state index in [0.717, 1.165) is 17.9 Å². The van der Waals surface area contributed by atoms with Gasteiger partial charge in [0.25, 0.3) is 0 Å². The van der Waals surface area contributed by atoms with Gasteiger partial charge in [-0.3, -0.25) is 0 Å². The molecule has 0 amide bonds. The van der Waals surface area contributed by atoms with Crippen molar-refractivity contribution in [3.63, 3.8) is 0 Å². The average molecular weight is 266 g/mol. The van der Waals surface area contributed by atoms with E-state index in [1.165, 1.54) is 16.5 Å². The summed E-state index contributed by atoms with van der Waals surface area (Å²) in [4.78, 5) is 4.34. The number of aromatic nitrogens is 2. The summed E-state index contributed by atoms with van der Waals surface area (Å²) in [6, 6.07) is 10.3. The van der Waals surface area contributed by atoms with Crippen LogP contribution in [-0.2, 0) is 13.6 Å². The van der Waals surface area contributed by atoms with Crippen LogP contribution in [0, 0.1) is 6.92 Å². The SMILES string of the molecule is Cc1cc(N)cnc1NCc1cn(C)c2ccccc12. The zero-order valence-corrected chi connectivity index (χ0v) is 11.7. The lowest BCUT2D eigenvalue weighted by atomic mass is 10.2. The zero-order chi connectivity index (χ0) is 14.1. The number of benzene rings is 1. The fraction of sp³-hybridized carbons (Fsp3) is 0.188. The molecule has 0 aliphatic rings. The highest BCUT2D eigenvalue weighted by Gasteiger charge is 2.06. The van der Waals surface area contributed by atoms with Crippen molar-refractivity contribution in [1.29, 1.82) is 0 Å². The molecule has 0 bridgehead atoms. The molecule has 0 radical (unpaired) electrons. The lowest BCUT2D eigenvalue weighted by Gasteiger charge is -2.08. The molecule has 4 heteroatoms. The first-order valence-corrected chi connectivity index (χ1v) is 6.64. The minimum absolute atomic E-state index is 0.693. The standard InChI is InChI=1S/C16H18N4/c1-11-7-13(17)9-19-16(11)18-8-12-10-20(2)15-6-4-3-5-14(12)15/h3-7,9-10H,8,17H2,1-2H3,(H,18,19). The summed E-state index contributed by atoms with van der Waals surface area (Å²) in [5.41, 5.74) is 9.98. The van der Waals surface area contributed by atoms with Gasteiger partial charge in [-0.15, -0.1) is 0 Å². The Balaban J connectivity index is 1.87. The summed E-state index contributed by atoms with van der Waals surface area (Å²) in [6.45, 7) is 2.76. The summed E-state index contributed by atoms with van der Waals surface area (Å²) < 4.78 is 2.15. The number of hydrogen-bond donors (Lipinski definition) is 2. The van der Waals surface area contributed by atoms with Crippen molar-refractivity contribution in [2.24, 2.45) is 7.05 Å². The fourth-order valence-electron chi connectivity index (χ4n) is 2.53. The number of aryl methyl sites for hydroxylation is 2. The van der Waals surface area contributed by atoms with Crippen LogP contribution in [0.15, 0.2) is 42.7 Å². The topological polar surface area (TPSA) is 55.9 Å². The Hall–Kier alpha value is -2.49. The Bertz CT molecular complexity index is 758. The molecule has 102 valence electrons. The largest absolute Gasteiger partial charge is 0.397 e. The maximum Gasteiger partial charge on any atom is 0.129 e. The number of hydrogen-bond acceptors (Lipinski definition) is 3. The Morgan fingerprint density at radius 3 is 2.90 bits per heavy atom. The second-order valence-electron chi connectivity index (χ2n) is 5.07. The van der Waals surface area contributed by atoms with E-state index in [1.54, 1.807) is 6.20 Å². The first-order chi connectivity index (χ1) is 9.65. The van der Waals surface area contributed by atoms with Crippen LogP contribution in [0.4, 0.5) is 11.5 Å². The fourth-order valence-corrected chi connectivity index (χ4v) is 2.53. The molecule has 1 aromatic carbocycles. The molecular formula is C16H18N4. The zero-order valence-electron chi connectivity index (χ0n) is 11.7. The highest BCUT2D eigenvalue weighted by atomic mass is 15.0. The van der Waals surface area contributed by atoms with Gasteiger partial charge in [-0.25, -0.2) is 4.98 Å². The summed E-state index contributed by atoms with van der Waals surface area (Å²) in [7, 11) is 2.07. The molecule has 3 rings (SSSR count). The van der Waals surface area contributed by atoms with Crippen molar-refractivity contribution in [2.45, 2.75) is 13.5 Å². The van der Waals surface area contributed by atoms with Crippen molar-refractivity contribution in [3.8, 4) is 0 Å². The van der Waals surface area contributed by atoms with E-state index in [2.05, 4.69) is 52.4 Å². The van der Waals surface area contributed by atoms with Crippen LogP contribution < -0.4 is 11.1 Å². The molecule has 4 nitrogen and oxygen atoms in total. The summed E-state index contributed by atoms with van der Waals surface area (Å²) in [6.07, 6.45) is 3.84. The van der Waals surface area contributed by atoms with Crippen molar-refractivity contribution >= 4 is 22.4 Å². The maximum absolute atomic E-state index is 5.72. The molecule has 0 fully saturated rings. The van der Waals surface area contributed by atoms with E-state index < -0.39 is 0 Å². The van der Waals surface area contributed by atoms with Crippen molar-refractivity contribution in [2.75, 3.05) is 11.1 Å². The molecule has 3 aromatic rings. The van der Waals surface area contributed by atoms with Crippen molar-refractivity contribution in [3.05, 3.63) is 53.9 Å². The minimum atomic E-state index is 0.693. The highest BCUT2D eigenvalue weighted by molar-refractivity contribution is 5.84. The number of anilines is 2. The van der Waals surface area contributed by atoms with Gasteiger partial charge in [0.05, 0.1) is 11.9 Å². The van der Waals surface area contributed by atoms with Crippen LogP contribution in [0.1, 0.15) is 11.1 Å². The smallest absolute Gasteiger partial charge is 0.129 e. The molecule has 0 unspecified atom stereocenters. The third-order valence-electron chi connectivity index (χ3n) is 3.53. The molecule has 0 atom stereocenters. The normalized spacial score (nSPS) is 10.9. The van der Waals surface area contributed by atoms with Crippen LogP contribution >= 0.6 is 0 Å². The summed E-state index contributed by atoms with van der Waals surface area (Å²) in [5.74, 6) is 0.882. The monoisotopic (exact) mass is 266 g/mol. The highest BCUT2D eigenvalue weighted by Crippen LogP contribution is 2.22. The number of pyridine rings is 1. The Morgan fingerprint density at radius 1 is 1.30 bits per heavy atom. The third-order valence-corrected chi connectivity index (χ3v) is 3.53. The second-order valence-corrected chi connectivity index (χ2v) is 5.07. The van der Waals surface area contributed by atoms with Gasteiger partial charge in [-0.05, 0) is 30.2 Å². The predicted octanol–water partition coefficient (Wildman–Crippen LogP) is 3.08. The number of nitrogens with two attached hydrogens (primary N) is 1. The van der Waals surface area contributed by atoms with Gasteiger partial charge in [0, 0.05) is 30.7 Å². The number of para-hydroxylation sites is 1. The van der Waals surface area contributed by atoms with Crippen LogP contribution in [0.25, 0.3) is 10.9 Å². The number of fused-ring (bicyclic) bond motifs is 1. The summed E-state index contributed by atoms with van der Waals surface area (Å²) in [5, 5.41) is 4.66. The number of rotatable bonds is 3. The Morgan fingerprint density at radius 2 is 2.10 bits per heavy atom. The van der Waals surface area contributed by atoms with Gasteiger partial charge in [-0.2, -0.15) is 0 Å². The van der Waals surface area contributed by atoms with E-state index in [-0.39, 0.29) is 0 Å². The van der Waals surface area contributed by atoms with Crippen LogP contribution in [0.2, 0.25) is 0 Å². The molecule has 3 N–H and O–H groups in total. The quantitative estimate of drug-likeness (QED) is 0.766. The summed E-state index contributed by atoms with van der Waals surface area (Å²) >= 11 is 0. The molecule has 0 aliphatic carbocycles. The molecule has 0 spiro atoms. The second kappa shape index (κ2) is 4.89. The third kappa shape index (κ3) is 2.20. The lowest BCUT2D eigenvalue weighted by molar-refractivity contribution is 0.954. The first-order valence-electron chi connectivity index (χ1n) is 6.64. The molecule has 2 heterocycles. The van der Waals surface area contributed by atoms with Gasteiger partial charge in [0.15, 0.2) is 0 Å². The Labute approximate surface area is 118 Å². The molecule has 0 saturated carbocycles. The maximum atomic E-state index is 5.72. The van der Waals surface area contributed by atoms with Gasteiger partial charge in [0.2, 0.25) is 0 Å². The van der Waals surface area contributed by atoms with Gasteiger partial charge < -0.3 is 15.6 Å². The molecule has 0 saturated heterocycles. The van der Waals surface area contributed by atoms with Crippen LogP contribution in [0.5, 0.6) is 0 Å². The minimum Gasteiger partial charge on any atom is -0.397 e. The average Bonchev–Trinajstić information content (AvgIpc) is 2.75. The molecule has 0 aliphatic heterocycles. The van der Waals surface area contributed by atoms with Crippen LogP contribution in [0.3, 0.4) is 0 Å². The van der Waals surface area contributed by atoms with Crippen LogP contribution in [-0.4, -0.2) is 9.55 Å². The van der Waals surface area contributed by atoms with E-state index in [1.807, 2.05) is 13.0 Å². The number of nitrogens with zero attached hydrogens (tertiary/aromatic N) is 2. The number of nitrogen functional groups attached to an aromatic ring is 1. The molecular weight excluding hydrogens is 248 g/mol. The van der Waals surface area contributed by atoms with E-state index in [4.69, 9.17) is 5.73 Å². The van der Waals surface area contributed by atoms with Crippen molar-refractivity contribution in [1.82, 2.24) is 9.55 Å². The first kappa shape index (κ1) is 12.5. The Kier molecular flexibility index (Phi) is 3.06. The van der Waals surface area contributed by atoms with E-state index in [0.29, 0.717) is 5.69 Å². The lowest BCUT2D eigenvalue weighted by Crippen LogP contribution is -2.03. The van der Waals surface area contributed by atoms with E-state index in [9.17, 15) is 0 Å².